The fourth-order valence-electron chi connectivity index (χ4n) is 2.61. The molecule has 0 bridgehead atoms. The number of hydrogen-bond donors (Lipinski definition) is 1. The summed E-state index contributed by atoms with van der Waals surface area (Å²) in [6.45, 7) is 0.925. The molecule has 1 aromatic rings. The van der Waals surface area contributed by atoms with Crippen LogP contribution in [0.25, 0.3) is 0 Å². The normalized spacial score (nSPS) is 20.0. The molecule has 0 aliphatic carbocycles. The molecule has 0 spiro atoms. The van der Waals surface area contributed by atoms with E-state index in [1.54, 1.807) is 4.72 Å². The molecule has 2 rings (SSSR count). The lowest BCUT2D eigenvalue weighted by atomic mass is 9.75. The van der Waals surface area contributed by atoms with E-state index in [9.17, 15) is 21.6 Å². The fourth-order valence-corrected chi connectivity index (χ4v) is 3.81. The summed E-state index contributed by atoms with van der Waals surface area (Å²) in [5.74, 6) is 0. The van der Waals surface area contributed by atoms with Crippen molar-refractivity contribution in [1.82, 2.24) is 9.03 Å². The standard InChI is InChI=1S/C14H19F3N2O2S/c1-13(12-5-3-2-4-6-12)7-9-19(10-8-13)22(20,21)18-11-14(15,16)17/h2-6,18H,7-11H2,1H3. The molecule has 0 atom stereocenters. The number of nitrogens with one attached hydrogen (secondary N) is 1. The van der Waals surface area contributed by atoms with Crippen molar-refractivity contribution in [1.29, 1.82) is 0 Å². The molecule has 1 fully saturated rings. The Morgan fingerprint density at radius 2 is 1.73 bits per heavy atom. The van der Waals surface area contributed by atoms with Gasteiger partial charge in [0.15, 0.2) is 0 Å². The molecule has 1 aliphatic heterocycles. The van der Waals surface area contributed by atoms with Crippen LogP contribution >= 0.6 is 0 Å². The van der Waals surface area contributed by atoms with Gasteiger partial charge in [-0.15, -0.1) is 0 Å². The van der Waals surface area contributed by atoms with Gasteiger partial charge in [-0.1, -0.05) is 37.3 Å². The van der Waals surface area contributed by atoms with Crippen molar-refractivity contribution in [3.05, 3.63) is 35.9 Å². The molecule has 1 saturated heterocycles. The summed E-state index contributed by atoms with van der Waals surface area (Å²) in [6, 6.07) is 9.74. The molecular weight excluding hydrogens is 317 g/mol. The molecule has 0 saturated carbocycles. The predicted octanol–water partition coefficient (Wildman–Crippen LogP) is 2.44. The summed E-state index contributed by atoms with van der Waals surface area (Å²) >= 11 is 0. The van der Waals surface area contributed by atoms with Crippen LogP contribution in [0.5, 0.6) is 0 Å². The zero-order chi connectivity index (χ0) is 16.4. The molecule has 0 radical (unpaired) electrons. The van der Waals surface area contributed by atoms with Gasteiger partial charge >= 0.3 is 6.18 Å². The number of benzene rings is 1. The summed E-state index contributed by atoms with van der Waals surface area (Å²) in [5.41, 5.74) is 0.965. The minimum Gasteiger partial charge on any atom is -0.195 e. The van der Waals surface area contributed by atoms with Gasteiger partial charge in [-0.3, -0.25) is 0 Å². The average molecular weight is 336 g/mol. The maximum atomic E-state index is 12.2. The van der Waals surface area contributed by atoms with Crippen molar-refractivity contribution < 1.29 is 21.6 Å². The van der Waals surface area contributed by atoms with Crippen molar-refractivity contribution in [2.45, 2.75) is 31.4 Å². The Morgan fingerprint density at radius 3 is 2.23 bits per heavy atom. The SMILES string of the molecule is CC1(c2ccccc2)CCN(S(=O)(=O)NCC(F)(F)F)CC1. The van der Waals surface area contributed by atoms with E-state index in [0.29, 0.717) is 12.8 Å². The van der Waals surface area contributed by atoms with Gasteiger partial charge in [0.05, 0.1) is 0 Å². The molecule has 124 valence electrons. The summed E-state index contributed by atoms with van der Waals surface area (Å²) in [4.78, 5) is 0. The zero-order valence-electron chi connectivity index (χ0n) is 12.2. The molecular formula is C14H19F3N2O2S. The molecule has 1 heterocycles. The smallest absolute Gasteiger partial charge is 0.195 e. The first-order chi connectivity index (χ1) is 10.1. The molecule has 22 heavy (non-hydrogen) atoms. The summed E-state index contributed by atoms with van der Waals surface area (Å²) < 4.78 is 62.9. The molecule has 8 heteroatoms. The third-order valence-electron chi connectivity index (χ3n) is 4.09. The Balaban J connectivity index is 2.00. The minimum atomic E-state index is -4.55. The van der Waals surface area contributed by atoms with Gasteiger partial charge in [0.1, 0.15) is 6.54 Å². The van der Waals surface area contributed by atoms with Crippen LogP contribution in [0.3, 0.4) is 0 Å². The van der Waals surface area contributed by atoms with Crippen LogP contribution in [0.1, 0.15) is 25.3 Å². The highest BCUT2D eigenvalue weighted by Crippen LogP contribution is 2.35. The van der Waals surface area contributed by atoms with E-state index in [1.165, 1.54) is 0 Å². The average Bonchev–Trinajstić information content (AvgIpc) is 2.46. The van der Waals surface area contributed by atoms with Crippen molar-refractivity contribution in [2.75, 3.05) is 19.6 Å². The van der Waals surface area contributed by atoms with Crippen molar-refractivity contribution in [3.8, 4) is 0 Å². The fraction of sp³-hybridized carbons (Fsp3) is 0.571. The van der Waals surface area contributed by atoms with E-state index >= 15 is 0 Å². The Labute approximate surface area is 128 Å². The van der Waals surface area contributed by atoms with Crippen molar-refractivity contribution in [2.24, 2.45) is 0 Å². The molecule has 1 N–H and O–H groups in total. The third kappa shape index (κ3) is 4.21. The molecule has 0 unspecified atom stereocenters. The highest BCUT2D eigenvalue weighted by molar-refractivity contribution is 7.87. The van der Waals surface area contributed by atoms with E-state index in [0.717, 1.165) is 9.87 Å². The Hall–Kier alpha value is -1.12. The summed E-state index contributed by atoms with van der Waals surface area (Å²) in [6.07, 6.45) is -3.41. The first kappa shape index (κ1) is 17.2. The van der Waals surface area contributed by atoms with E-state index in [2.05, 4.69) is 6.92 Å². The topological polar surface area (TPSA) is 49.4 Å². The summed E-state index contributed by atoms with van der Waals surface area (Å²) in [5, 5.41) is 0. The second-order valence-electron chi connectivity index (χ2n) is 5.77. The van der Waals surface area contributed by atoms with Gasteiger partial charge < -0.3 is 0 Å². The van der Waals surface area contributed by atoms with Gasteiger partial charge in [-0.2, -0.15) is 30.6 Å². The van der Waals surface area contributed by atoms with Crippen LogP contribution in [0, 0.1) is 0 Å². The van der Waals surface area contributed by atoms with Gasteiger partial charge in [-0.25, -0.2) is 0 Å². The largest absolute Gasteiger partial charge is 0.402 e. The first-order valence-corrected chi connectivity index (χ1v) is 8.43. The van der Waals surface area contributed by atoms with Gasteiger partial charge in [0.2, 0.25) is 0 Å². The minimum absolute atomic E-state index is 0.155. The van der Waals surface area contributed by atoms with Crippen LogP contribution in [-0.2, 0) is 15.6 Å². The number of piperidine rings is 1. The number of rotatable bonds is 4. The highest BCUT2D eigenvalue weighted by Gasteiger charge is 2.37. The predicted molar refractivity (Wildman–Crippen MR) is 77.6 cm³/mol. The molecule has 0 amide bonds. The monoisotopic (exact) mass is 336 g/mol. The molecule has 1 aromatic carbocycles. The number of halogens is 3. The lowest BCUT2D eigenvalue weighted by Crippen LogP contribution is -2.49. The maximum absolute atomic E-state index is 12.2. The van der Waals surface area contributed by atoms with E-state index in [4.69, 9.17) is 0 Å². The van der Waals surface area contributed by atoms with Gasteiger partial charge in [-0.05, 0) is 23.8 Å². The van der Waals surface area contributed by atoms with Gasteiger partial charge in [0.25, 0.3) is 10.2 Å². The highest BCUT2D eigenvalue weighted by atomic mass is 32.2. The van der Waals surface area contributed by atoms with Crippen LogP contribution in [0.15, 0.2) is 30.3 Å². The lowest BCUT2D eigenvalue weighted by Gasteiger charge is -2.39. The van der Waals surface area contributed by atoms with Crippen LogP contribution in [-0.4, -0.2) is 38.5 Å². The first-order valence-electron chi connectivity index (χ1n) is 6.99. The second kappa shape index (κ2) is 6.17. The van der Waals surface area contributed by atoms with E-state index in [-0.39, 0.29) is 18.5 Å². The van der Waals surface area contributed by atoms with E-state index in [1.807, 2.05) is 30.3 Å². The second-order valence-corrected chi connectivity index (χ2v) is 7.52. The summed E-state index contributed by atoms with van der Waals surface area (Å²) in [7, 11) is -4.09. The molecule has 1 aliphatic rings. The molecule has 4 nitrogen and oxygen atoms in total. The quantitative estimate of drug-likeness (QED) is 0.918. The maximum Gasteiger partial charge on any atom is 0.402 e. The molecule has 0 aromatic heterocycles. The van der Waals surface area contributed by atoms with Crippen LogP contribution in [0.2, 0.25) is 0 Å². The van der Waals surface area contributed by atoms with Crippen molar-refractivity contribution >= 4 is 10.2 Å². The van der Waals surface area contributed by atoms with Crippen LogP contribution in [0.4, 0.5) is 13.2 Å². The Morgan fingerprint density at radius 1 is 1.18 bits per heavy atom. The number of alkyl halides is 3. The number of hydrogen-bond acceptors (Lipinski definition) is 2. The van der Waals surface area contributed by atoms with E-state index < -0.39 is 22.9 Å². The Bertz CT molecular complexity index is 594. The lowest BCUT2D eigenvalue weighted by molar-refractivity contribution is -0.121. The zero-order valence-corrected chi connectivity index (χ0v) is 13.0. The Kier molecular flexibility index (Phi) is 4.84. The van der Waals surface area contributed by atoms with Crippen LogP contribution < -0.4 is 4.72 Å². The third-order valence-corrected chi connectivity index (χ3v) is 5.65. The van der Waals surface area contributed by atoms with Gasteiger partial charge in [0, 0.05) is 13.1 Å². The van der Waals surface area contributed by atoms with Crippen molar-refractivity contribution in [3.63, 3.8) is 0 Å². The number of nitrogens with zero attached hydrogens (tertiary/aromatic N) is 1.